The predicted molar refractivity (Wildman–Crippen MR) is 118 cm³/mol. The number of nitrogens with zero attached hydrogens (tertiary/aromatic N) is 2. The molecule has 1 aromatic carbocycles. The molecule has 1 saturated heterocycles. The summed E-state index contributed by atoms with van der Waals surface area (Å²) in [6.07, 6.45) is 4.95. The standard InChI is InChI=1S/C22H21ClN4O3S/c1-22(13-7-9-14(23)10-8-13)20(29)27(21(30)26-22)12-18(28)25-19-16(11-24)15-5-3-2-4-6-17(15)31-19/h7-10H,2-6,12H2,1H3,(H,25,28)(H,26,30). The SMILES string of the molecule is CC1(c2ccc(Cl)cc2)NC(=O)N(CC(=O)Nc2sc3c(c2C#N)CCCCC3)C1=O. The monoisotopic (exact) mass is 456 g/mol. The van der Waals surface area contributed by atoms with Crippen LogP contribution in [-0.2, 0) is 28.0 Å². The van der Waals surface area contributed by atoms with Crippen molar-refractivity contribution in [2.45, 2.75) is 44.6 Å². The van der Waals surface area contributed by atoms with Crippen LogP contribution < -0.4 is 10.6 Å². The van der Waals surface area contributed by atoms with E-state index >= 15 is 0 Å². The first-order valence-electron chi connectivity index (χ1n) is 10.1. The van der Waals surface area contributed by atoms with Crippen LogP contribution in [0.2, 0.25) is 5.02 Å². The molecule has 1 aliphatic heterocycles. The first-order chi connectivity index (χ1) is 14.8. The lowest BCUT2D eigenvalue weighted by Crippen LogP contribution is -2.42. The van der Waals surface area contributed by atoms with Gasteiger partial charge >= 0.3 is 6.03 Å². The number of benzene rings is 1. The Morgan fingerprint density at radius 3 is 2.68 bits per heavy atom. The summed E-state index contributed by atoms with van der Waals surface area (Å²) in [6.45, 7) is 1.17. The number of urea groups is 1. The highest BCUT2D eigenvalue weighted by molar-refractivity contribution is 7.16. The molecule has 2 aliphatic rings. The number of aryl methyl sites for hydroxylation is 1. The molecule has 4 amide bonds. The second kappa shape index (κ2) is 8.33. The van der Waals surface area contributed by atoms with Crippen LogP contribution in [0.1, 0.15) is 47.8 Å². The molecule has 7 nitrogen and oxygen atoms in total. The van der Waals surface area contributed by atoms with E-state index in [-0.39, 0.29) is 0 Å². The van der Waals surface area contributed by atoms with Crippen LogP contribution in [0, 0.1) is 11.3 Å². The molecule has 160 valence electrons. The Balaban J connectivity index is 1.50. The van der Waals surface area contributed by atoms with Gasteiger partial charge in [-0.1, -0.05) is 30.2 Å². The fraction of sp³-hybridized carbons (Fsp3) is 0.364. The average molecular weight is 457 g/mol. The number of hydrogen-bond donors (Lipinski definition) is 2. The van der Waals surface area contributed by atoms with Gasteiger partial charge in [0.1, 0.15) is 23.2 Å². The van der Waals surface area contributed by atoms with Crippen molar-refractivity contribution in [3.8, 4) is 6.07 Å². The van der Waals surface area contributed by atoms with Crippen molar-refractivity contribution in [1.29, 1.82) is 5.26 Å². The smallest absolute Gasteiger partial charge is 0.319 e. The van der Waals surface area contributed by atoms with Gasteiger partial charge in [0.05, 0.1) is 5.56 Å². The Labute approximate surface area is 189 Å². The maximum absolute atomic E-state index is 13.0. The molecular formula is C22H21ClN4O3S. The van der Waals surface area contributed by atoms with Gasteiger partial charge in [0.15, 0.2) is 0 Å². The van der Waals surface area contributed by atoms with E-state index in [0.717, 1.165) is 47.4 Å². The van der Waals surface area contributed by atoms with Crippen LogP contribution in [0.3, 0.4) is 0 Å². The molecule has 1 atom stereocenters. The number of rotatable bonds is 4. The summed E-state index contributed by atoms with van der Waals surface area (Å²) in [6, 6.07) is 8.19. The largest absolute Gasteiger partial charge is 0.325 e. The van der Waals surface area contributed by atoms with Crippen LogP contribution in [0.4, 0.5) is 9.80 Å². The minimum absolute atomic E-state index is 0.429. The van der Waals surface area contributed by atoms with Crippen LogP contribution >= 0.6 is 22.9 Å². The fourth-order valence-corrected chi connectivity index (χ4v) is 5.46. The number of carbonyl (C=O) groups is 3. The third kappa shape index (κ3) is 3.91. The fourth-order valence-electron chi connectivity index (χ4n) is 4.08. The maximum atomic E-state index is 13.0. The highest BCUT2D eigenvalue weighted by Crippen LogP contribution is 2.37. The molecule has 1 aromatic heterocycles. The number of carbonyl (C=O) groups excluding carboxylic acids is 3. The molecule has 0 radical (unpaired) electrons. The molecule has 9 heteroatoms. The molecule has 1 aliphatic carbocycles. The van der Waals surface area contributed by atoms with Crippen LogP contribution in [0.25, 0.3) is 0 Å². The van der Waals surface area contributed by atoms with Crippen LogP contribution in [0.15, 0.2) is 24.3 Å². The van der Waals surface area contributed by atoms with Crippen molar-refractivity contribution in [3.05, 3.63) is 50.9 Å². The van der Waals surface area contributed by atoms with Gasteiger partial charge in [-0.15, -0.1) is 11.3 Å². The molecule has 2 N–H and O–H groups in total. The summed E-state index contributed by atoms with van der Waals surface area (Å²) in [4.78, 5) is 40.2. The van der Waals surface area contributed by atoms with E-state index in [0.29, 0.717) is 21.2 Å². The molecule has 31 heavy (non-hydrogen) atoms. The van der Waals surface area contributed by atoms with Gasteiger partial charge in [-0.3, -0.25) is 14.5 Å². The lowest BCUT2D eigenvalue weighted by Gasteiger charge is -2.22. The normalized spacial score (nSPS) is 20.6. The number of thiophene rings is 1. The van der Waals surface area contributed by atoms with E-state index in [1.54, 1.807) is 31.2 Å². The zero-order valence-electron chi connectivity index (χ0n) is 17.0. The van der Waals surface area contributed by atoms with Gasteiger partial charge in [0, 0.05) is 9.90 Å². The van der Waals surface area contributed by atoms with Crippen molar-refractivity contribution in [3.63, 3.8) is 0 Å². The molecule has 0 spiro atoms. The summed E-state index contributed by atoms with van der Waals surface area (Å²) < 4.78 is 0. The number of imide groups is 1. The van der Waals surface area contributed by atoms with Crippen molar-refractivity contribution in [2.75, 3.05) is 11.9 Å². The van der Waals surface area contributed by atoms with E-state index in [1.165, 1.54) is 11.3 Å². The summed E-state index contributed by atoms with van der Waals surface area (Å²) in [5, 5.41) is 16.0. The van der Waals surface area contributed by atoms with Crippen molar-refractivity contribution in [1.82, 2.24) is 10.2 Å². The van der Waals surface area contributed by atoms with Gasteiger partial charge in [-0.25, -0.2) is 4.79 Å². The van der Waals surface area contributed by atoms with Gasteiger partial charge in [0.2, 0.25) is 5.91 Å². The topological polar surface area (TPSA) is 102 Å². The van der Waals surface area contributed by atoms with E-state index in [9.17, 15) is 19.6 Å². The molecule has 0 bridgehead atoms. The summed E-state index contributed by atoms with van der Waals surface area (Å²) >= 11 is 7.33. The van der Waals surface area contributed by atoms with Crippen LogP contribution in [-0.4, -0.2) is 29.3 Å². The second-order valence-electron chi connectivity index (χ2n) is 7.88. The summed E-state index contributed by atoms with van der Waals surface area (Å²) in [7, 11) is 0. The Morgan fingerprint density at radius 1 is 1.26 bits per heavy atom. The van der Waals surface area contributed by atoms with E-state index in [1.807, 2.05) is 0 Å². The second-order valence-corrected chi connectivity index (χ2v) is 9.42. The van der Waals surface area contributed by atoms with Crippen LogP contribution in [0.5, 0.6) is 0 Å². The zero-order chi connectivity index (χ0) is 22.2. The molecular weight excluding hydrogens is 436 g/mol. The number of nitriles is 1. The molecule has 4 rings (SSSR count). The first kappa shape index (κ1) is 21.3. The maximum Gasteiger partial charge on any atom is 0.325 e. The quantitative estimate of drug-likeness (QED) is 0.537. The summed E-state index contributed by atoms with van der Waals surface area (Å²) in [5.41, 5.74) is 0.816. The van der Waals surface area contributed by atoms with Crippen molar-refractivity contribution >= 4 is 45.8 Å². The minimum Gasteiger partial charge on any atom is -0.319 e. The van der Waals surface area contributed by atoms with E-state index in [4.69, 9.17) is 11.6 Å². The van der Waals surface area contributed by atoms with E-state index in [2.05, 4.69) is 16.7 Å². The average Bonchev–Trinajstić information content (AvgIpc) is 3.04. The molecule has 2 aromatic rings. The highest BCUT2D eigenvalue weighted by Gasteiger charge is 2.49. The highest BCUT2D eigenvalue weighted by atomic mass is 35.5. The van der Waals surface area contributed by atoms with Gasteiger partial charge in [-0.2, -0.15) is 5.26 Å². The van der Waals surface area contributed by atoms with Gasteiger partial charge in [0.25, 0.3) is 5.91 Å². The lowest BCUT2D eigenvalue weighted by atomic mass is 9.92. The third-order valence-electron chi connectivity index (χ3n) is 5.78. The Kier molecular flexibility index (Phi) is 5.73. The number of fused-ring (bicyclic) bond motifs is 1. The number of anilines is 1. The number of amides is 4. The molecule has 2 heterocycles. The Hall–Kier alpha value is -2.89. The predicted octanol–water partition coefficient (Wildman–Crippen LogP) is 3.95. The third-order valence-corrected chi connectivity index (χ3v) is 7.24. The van der Waals surface area contributed by atoms with E-state index < -0.39 is 29.9 Å². The Morgan fingerprint density at radius 2 is 1.97 bits per heavy atom. The van der Waals surface area contributed by atoms with Crippen molar-refractivity contribution < 1.29 is 14.4 Å². The van der Waals surface area contributed by atoms with Crippen molar-refractivity contribution in [2.24, 2.45) is 0 Å². The number of hydrogen-bond acceptors (Lipinski definition) is 5. The first-order valence-corrected chi connectivity index (χ1v) is 11.3. The van der Waals surface area contributed by atoms with Gasteiger partial charge in [-0.05, 0) is 55.9 Å². The zero-order valence-corrected chi connectivity index (χ0v) is 18.5. The molecule has 0 saturated carbocycles. The molecule has 1 fully saturated rings. The van der Waals surface area contributed by atoms with Gasteiger partial charge < -0.3 is 10.6 Å². The number of halogens is 1. The number of nitrogens with one attached hydrogen (secondary N) is 2. The molecule has 1 unspecified atom stereocenters. The minimum atomic E-state index is -1.28. The Bertz CT molecular complexity index is 1110. The lowest BCUT2D eigenvalue weighted by molar-refractivity contribution is -0.133. The summed E-state index contributed by atoms with van der Waals surface area (Å²) in [5.74, 6) is -1.03.